The molecule has 0 aliphatic rings. The van der Waals surface area contributed by atoms with Crippen LogP contribution in [0.3, 0.4) is 0 Å². The Balaban J connectivity index is 2.28. The highest BCUT2D eigenvalue weighted by atomic mass is 79.9. The van der Waals surface area contributed by atoms with Gasteiger partial charge in [-0.15, -0.1) is 0 Å². The summed E-state index contributed by atoms with van der Waals surface area (Å²) < 4.78 is 6.67. The van der Waals surface area contributed by atoms with Gasteiger partial charge in [0.15, 0.2) is 0 Å². The number of hydrogen-bond acceptors (Lipinski definition) is 2. The summed E-state index contributed by atoms with van der Waals surface area (Å²) in [5.74, 6) is 1.15. The van der Waals surface area contributed by atoms with Crippen molar-refractivity contribution in [2.75, 3.05) is 7.05 Å². The van der Waals surface area contributed by atoms with E-state index in [1.54, 1.807) is 6.07 Å². The molecule has 106 valence electrons. The van der Waals surface area contributed by atoms with Crippen molar-refractivity contribution in [3.63, 3.8) is 0 Å². The Morgan fingerprint density at radius 2 is 1.80 bits per heavy atom. The van der Waals surface area contributed by atoms with Gasteiger partial charge in [0, 0.05) is 10.5 Å². The van der Waals surface area contributed by atoms with E-state index in [1.807, 2.05) is 37.4 Å². The van der Waals surface area contributed by atoms with Crippen LogP contribution in [-0.2, 0) is 0 Å². The van der Waals surface area contributed by atoms with Gasteiger partial charge in [0.05, 0.1) is 10.0 Å². The highest BCUT2D eigenvalue weighted by molar-refractivity contribution is 9.10. The highest BCUT2D eigenvalue weighted by Crippen LogP contribution is 2.36. The maximum absolute atomic E-state index is 6.26. The fraction of sp³-hybridized carbons (Fsp3) is 0.200. The van der Waals surface area contributed by atoms with Crippen molar-refractivity contribution in [3.8, 4) is 11.5 Å². The van der Waals surface area contributed by atoms with E-state index in [2.05, 4.69) is 28.2 Å². The van der Waals surface area contributed by atoms with Crippen LogP contribution < -0.4 is 10.1 Å². The Kier molecular flexibility index (Phi) is 5.33. The van der Waals surface area contributed by atoms with E-state index in [0.29, 0.717) is 21.5 Å². The van der Waals surface area contributed by atoms with Crippen molar-refractivity contribution in [3.05, 3.63) is 56.5 Å². The number of ether oxygens (including phenoxy) is 1. The molecular formula is C15H14BrCl2NO. The van der Waals surface area contributed by atoms with Crippen LogP contribution in [0.15, 0.2) is 40.9 Å². The molecule has 0 radical (unpaired) electrons. The first-order valence-corrected chi connectivity index (χ1v) is 7.65. The van der Waals surface area contributed by atoms with Crippen LogP contribution in [0.1, 0.15) is 18.5 Å². The predicted octanol–water partition coefficient (Wildman–Crippen LogP) is 5.83. The molecule has 1 unspecified atom stereocenters. The van der Waals surface area contributed by atoms with Crippen LogP contribution in [0.5, 0.6) is 11.5 Å². The van der Waals surface area contributed by atoms with Crippen LogP contribution in [0.4, 0.5) is 0 Å². The molecule has 1 atom stereocenters. The van der Waals surface area contributed by atoms with Crippen LogP contribution >= 0.6 is 39.1 Å². The minimum atomic E-state index is 0.232. The lowest BCUT2D eigenvalue weighted by Gasteiger charge is -2.14. The first-order valence-electron chi connectivity index (χ1n) is 6.11. The summed E-state index contributed by atoms with van der Waals surface area (Å²) in [4.78, 5) is 0. The number of nitrogens with one attached hydrogen (secondary N) is 1. The second-order valence-electron chi connectivity index (χ2n) is 4.38. The van der Waals surface area contributed by atoms with Gasteiger partial charge in [-0.05, 0) is 49.9 Å². The Labute approximate surface area is 137 Å². The number of hydrogen-bond donors (Lipinski definition) is 1. The summed E-state index contributed by atoms with van der Waals surface area (Å²) in [5.41, 5.74) is 1.10. The van der Waals surface area contributed by atoms with E-state index in [9.17, 15) is 0 Å². The number of benzene rings is 2. The molecule has 2 aromatic carbocycles. The lowest BCUT2D eigenvalue weighted by molar-refractivity contribution is 0.482. The predicted molar refractivity (Wildman–Crippen MR) is 88.2 cm³/mol. The maximum atomic E-state index is 6.26. The molecule has 2 nitrogen and oxygen atoms in total. The third-order valence-corrected chi connectivity index (χ3v) is 4.10. The van der Waals surface area contributed by atoms with Gasteiger partial charge in [0.25, 0.3) is 0 Å². The average molecular weight is 375 g/mol. The number of halogens is 3. The van der Waals surface area contributed by atoms with Crippen LogP contribution in [-0.4, -0.2) is 7.05 Å². The summed E-state index contributed by atoms with van der Waals surface area (Å²) in [6, 6.07) is 11.4. The van der Waals surface area contributed by atoms with E-state index >= 15 is 0 Å². The van der Waals surface area contributed by atoms with Gasteiger partial charge in [-0.25, -0.2) is 0 Å². The average Bonchev–Trinajstić information content (AvgIpc) is 2.44. The van der Waals surface area contributed by atoms with Gasteiger partial charge in [-0.2, -0.15) is 0 Å². The molecule has 0 saturated carbocycles. The molecule has 2 rings (SSSR count). The number of rotatable bonds is 4. The van der Waals surface area contributed by atoms with E-state index in [4.69, 9.17) is 27.9 Å². The van der Waals surface area contributed by atoms with Crippen LogP contribution in [0, 0.1) is 0 Å². The summed E-state index contributed by atoms with van der Waals surface area (Å²) in [6.45, 7) is 2.07. The van der Waals surface area contributed by atoms with Crippen molar-refractivity contribution in [2.24, 2.45) is 0 Å². The van der Waals surface area contributed by atoms with Gasteiger partial charge in [0.2, 0.25) is 0 Å². The summed E-state index contributed by atoms with van der Waals surface area (Å²) in [7, 11) is 1.91. The lowest BCUT2D eigenvalue weighted by atomic mass is 10.1. The second kappa shape index (κ2) is 6.81. The zero-order valence-electron chi connectivity index (χ0n) is 11.1. The van der Waals surface area contributed by atoms with E-state index in [1.165, 1.54) is 0 Å². The SMILES string of the molecule is CNC(C)c1ccc(Oc2cc(Br)ccc2Cl)c(Cl)c1. The minimum absolute atomic E-state index is 0.232. The van der Waals surface area contributed by atoms with Crippen molar-refractivity contribution in [1.82, 2.24) is 5.32 Å². The maximum Gasteiger partial charge on any atom is 0.147 e. The molecule has 0 amide bonds. The molecule has 0 bridgehead atoms. The lowest BCUT2D eigenvalue weighted by Crippen LogP contribution is -2.12. The molecule has 0 saturated heterocycles. The molecule has 0 fully saturated rings. The van der Waals surface area contributed by atoms with Gasteiger partial charge < -0.3 is 10.1 Å². The van der Waals surface area contributed by atoms with Crippen molar-refractivity contribution < 1.29 is 4.74 Å². The molecule has 0 aliphatic carbocycles. The summed E-state index contributed by atoms with van der Waals surface area (Å²) in [5, 5.41) is 4.26. The molecule has 0 heterocycles. The molecule has 0 spiro atoms. The molecule has 2 aromatic rings. The third-order valence-electron chi connectivity index (χ3n) is 3.00. The van der Waals surface area contributed by atoms with Crippen LogP contribution in [0.2, 0.25) is 10.0 Å². The largest absolute Gasteiger partial charge is 0.454 e. The summed E-state index contributed by atoms with van der Waals surface area (Å²) in [6.07, 6.45) is 0. The molecule has 20 heavy (non-hydrogen) atoms. The first kappa shape index (κ1) is 15.6. The topological polar surface area (TPSA) is 21.3 Å². The second-order valence-corrected chi connectivity index (χ2v) is 6.11. The fourth-order valence-corrected chi connectivity index (χ4v) is 2.43. The monoisotopic (exact) mass is 373 g/mol. The Hall–Kier alpha value is -0.740. The van der Waals surface area contributed by atoms with Crippen molar-refractivity contribution in [2.45, 2.75) is 13.0 Å². The third kappa shape index (κ3) is 3.67. The minimum Gasteiger partial charge on any atom is -0.454 e. The smallest absolute Gasteiger partial charge is 0.147 e. The van der Waals surface area contributed by atoms with E-state index < -0.39 is 0 Å². The van der Waals surface area contributed by atoms with Gasteiger partial charge >= 0.3 is 0 Å². The Bertz CT molecular complexity index is 619. The van der Waals surface area contributed by atoms with Gasteiger partial charge in [-0.3, -0.25) is 0 Å². The standard InChI is InChI=1S/C15H14BrCl2NO/c1-9(19-2)10-3-6-14(13(18)7-10)20-15-8-11(16)4-5-12(15)17/h3-9,19H,1-2H3. The summed E-state index contributed by atoms with van der Waals surface area (Å²) >= 11 is 15.8. The van der Waals surface area contributed by atoms with E-state index in [-0.39, 0.29) is 6.04 Å². The first-order chi connectivity index (χ1) is 9.51. The Morgan fingerprint density at radius 3 is 2.45 bits per heavy atom. The van der Waals surface area contributed by atoms with Crippen molar-refractivity contribution >= 4 is 39.1 Å². The van der Waals surface area contributed by atoms with Crippen molar-refractivity contribution in [1.29, 1.82) is 0 Å². The molecule has 0 aromatic heterocycles. The van der Waals surface area contributed by atoms with Crippen LogP contribution in [0.25, 0.3) is 0 Å². The molecular weight excluding hydrogens is 361 g/mol. The normalized spacial score (nSPS) is 12.2. The Morgan fingerprint density at radius 1 is 1.05 bits per heavy atom. The molecule has 1 N–H and O–H groups in total. The zero-order valence-corrected chi connectivity index (χ0v) is 14.2. The zero-order chi connectivity index (χ0) is 14.7. The quantitative estimate of drug-likeness (QED) is 0.726. The van der Waals surface area contributed by atoms with Gasteiger partial charge in [-0.1, -0.05) is 45.2 Å². The highest BCUT2D eigenvalue weighted by Gasteiger charge is 2.10. The fourth-order valence-electron chi connectivity index (χ4n) is 1.71. The molecule has 0 aliphatic heterocycles. The van der Waals surface area contributed by atoms with Gasteiger partial charge in [0.1, 0.15) is 11.5 Å². The molecule has 5 heteroatoms. The van der Waals surface area contributed by atoms with E-state index in [0.717, 1.165) is 10.0 Å².